The number of benzene rings is 1. The lowest BCUT2D eigenvalue weighted by Crippen LogP contribution is -2.10. The SMILES string of the molecule is CCc1ccc2c(-c3ccccc3OC)c(CCCCC(=O)O)c(COC)nn12. The highest BCUT2D eigenvalue weighted by Gasteiger charge is 2.20. The monoisotopic (exact) mass is 396 g/mol. The van der Waals surface area contributed by atoms with Gasteiger partial charge in [-0.3, -0.25) is 4.79 Å². The number of hydrogen-bond acceptors (Lipinski definition) is 4. The first-order chi connectivity index (χ1) is 14.1. The molecule has 0 aliphatic rings. The summed E-state index contributed by atoms with van der Waals surface area (Å²) >= 11 is 0. The van der Waals surface area contributed by atoms with Crippen LogP contribution in [0.5, 0.6) is 5.75 Å². The van der Waals surface area contributed by atoms with Crippen LogP contribution in [0.4, 0.5) is 0 Å². The van der Waals surface area contributed by atoms with E-state index in [0.29, 0.717) is 13.0 Å². The van der Waals surface area contributed by atoms with Crippen LogP contribution in [-0.2, 0) is 29.0 Å². The molecule has 0 spiro atoms. The molecule has 0 saturated heterocycles. The fraction of sp³-hybridized carbons (Fsp3) is 0.391. The van der Waals surface area contributed by atoms with E-state index >= 15 is 0 Å². The lowest BCUT2D eigenvalue weighted by molar-refractivity contribution is -0.137. The number of methoxy groups -OCH3 is 2. The van der Waals surface area contributed by atoms with Gasteiger partial charge in [0.05, 0.1) is 24.9 Å². The van der Waals surface area contributed by atoms with Crippen LogP contribution >= 0.6 is 0 Å². The molecule has 0 atom stereocenters. The number of rotatable bonds is 10. The average Bonchev–Trinajstić information content (AvgIpc) is 3.13. The van der Waals surface area contributed by atoms with Crippen molar-refractivity contribution < 1.29 is 19.4 Å². The van der Waals surface area contributed by atoms with Crippen molar-refractivity contribution in [1.82, 2.24) is 9.61 Å². The number of nitrogens with zero attached hydrogens (tertiary/aromatic N) is 2. The third-order valence-electron chi connectivity index (χ3n) is 5.15. The normalized spacial score (nSPS) is 11.1. The van der Waals surface area contributed by atoms with Gasteiger partial charge in [0, 0.05) is 30.4 Å². The standard InChI is InChI=1S/C23H28N2O4/c1-4-16-13-14-20-23(18-10-5-7-11-21(18)29-3)17(9-6-8-12-22(26)27)19(15-28-2)24-25(16)20/h5,7,10-11,13-14H,4,6,8-9,12,15H2,1-3H3,(H,26,27). The van der Waals surface area contributed by atoms with E-state index < -0.39 is 5.97 Å². The van der Waals surface area contributed by atoms with Crippen molar-refractivity contribution in [1.29, 1.82) is 0 Å². The topological polar surface area (TPSA) is 73.1 Å². The Bertz CT molecular complexity index is 994. The summed E-state index contributed by atoms with van der Waals surface area (Å²) in [7, 11) is 3.34. The number of ether oxygens (including phenoxy) is 2. The van der Waals surface area contributed by atoms with Gasteiger partial charge in [-0.1, -0.05) is 25.1 Å². The van der Waals surface area contributed by atoms with E-state index in [4.69, 9.17) is 19.7 Å². The molecule has 0 aliphatic heterocycles. The van der Waals surface area contributed by atoms with Crippen LogP contribution in [0.15, 0.2) is 36.4 Å². The van der Waals surface area contributed by atoms with Crippen LogP contribution in [0.1, 0.15) is 43.1 Å². The maximum atomic E-state index is 10.9. The van der Waals surface area contributed by atoms with Gasteiger partial charge in [-0.15, -0.1) is 0 Å². The Balaban J connectivity index is 2.21. The molecular weight excluding hydrogens is 368 g/mol. The molecule has 1 N–H and O–H groups in total. The van der Waals surface area contributed by atoms with Gasteiger partial charge >= 0.3 is 5.97 Å². The lowest BCUT2D eigenvalue weighted by Gasteiger charge is -2.19. The van der Waals surface area contributed by atoms with Gasteiger partial charge in [0.2, 0.25) is 0 Å². The summed E-state index contributed by atoms with van der Waals surface area (Å²) in [6, 6.07) is 12.2. The first-order valence-corrected chi connectivity index (χ1v) is 9.97. The third-order valence-corrected chi connectivity index (χ3v) is 5.15. The van der Waals surface area contributed by atoms with Crippen molar-refractivity contribution in [3.05, 3.63) is 53.3 Å². The molecule has 6 heteroatoms. The van der Waals surface area contributed by atoms with Crippen molar-refractivity contribution in [2.75, 3.05) is 14.2 Å². The predicted molar refractivity (Wildman–Crippen MR) is 112 cm³/mol. The number of fused-ring (bicyclic) bond motifs is 1. The number of hydrogen-bond donors (Lipinski definition) is 1. The second kappa shape index (κ2) is 9.56. The van der Waals surface area contributed by atoms with Gasteiger partial charge in [0.25, 0.3) is 0 Å². The molecule has 2 aromatic heterocycles. The zero-order valence-electron chi connectivity index (χ0n) is 17.3. The molecule has 0 amide bonds. The van der Waals surface area contributed by atoms with Crippen LogP contribution in [0.25, 0.3) is 16.6 Å². The predicted octanol–water partition coefficient (Wildman–Crippen LogP) is 4.52. The highest BCUT2D eigenvalue weighted by Crippen LogP contribution is 2.38. The molecule has 0 radical (unpaired) electrons. The van der Waals surface area contributed by atoms with E-state index in [1.54, 1.807) is 14.2 Å². The van der Waals surface area contributed by atoms with Gasteiger partial charge in [-0.25, -0.2) is 4.52 Å². The highest BCUT2D eigenvalue weighted by molar-refractivity contribution is 5.87. The lowest BCUT2D eigenvalue weighted by atomic mass is 9.94. The van der Waals surface area contributed by atoms with E-state index in [2.05, 4.69) is 25.1 Å². The van der Waals surface area contributed by atoms with Gasteiger partial charge in [-0.2, -0.15) is 5.10 Å². The Labute approximate surface area is 171 Å². The number of carboxylic acid groups (broad SMARTS) is 1. The van der Waals surface area contributed by atoms with Gasteiger partial charge in [0.15, 0.2) is 0 Å². The fourth-order valence-corrected chi connectivity index (χ4v) is 3.78. The second-order valence-electron chi connectivity index (χ2n) is 7.01. The summed E-state index contributed by atoms with van der Waals surface area (Å²) in [6.07, 6.45) is 3.17. The fourth-order valence-electron chi connectivity index (χ4n) is 3.78. The molecule has 154 valence electrons. The molecule has 0 aliphatic carbocycles. The maximum absolute atomic E-state index is 10.9. The first kappa shape index (κ1) is 20.9. The van der Waals surface area contributed by atoms with E-state index in [9.17, 15) is 4.79 Å². The second-order valence-corrected chi connectivity index (χ2v) is 7.01. The minimum Gasteiger partial charge on any atom is -0.496 e. The van der Waals surface area contributed by atoms with Crippen molar-refractivity contribution in [3.63, 3.8) is 0 Å². The first-order valence-electron chi connectivity index (χ1n) is 9.97. The zero-order chi connectivity index (χ0) is 20.8. The number of carboxylic acids is 1. The molecule has 0 saturated carbocycles. The van der Waals surface area contributed by atoms with E-state index in [0.717, 1.165) is 58.6 Å². The minimum absolute atomic E-state index is 0.171. The maximum Gasteiger partial charge on any atom is 0.303 e. The molecule has 3 rings (SSSR count). The highest BCUT2D eigenvalue weighted by atomic mass is 16.5. The number of aryl methyl sites for hydroxylation is 1. The van der Waals surface area contributed by atoms with Crippen molar-refractivity contribution in [2.45, 2.75) is 45.6 Å². The summed E-state index contributed by atoms with van der Waals surface area (Å²) in [5.74, 6) is 0.0369. The van der Waals surface area contributed by atoms with E-state index in [1.807, 2.05) is 22.7 Å². The largest absolute Gasteiger partial charge is 0.496 e. The summed E-state index contributed by atoms with van der Waals surface area (Å²) in [5.41, 5.74) is 6.22. The molecule has 0 unspecified atom stereocenters. The number of unbranched alkanes of at least 4 members (excludes halogenated alkanes) is 1. The quantitative estimate of drug-likeness (QED) is 0.510. The van der Waals surface area contributed by atoms with E-state index in [1.165, 1.54) is 0 Å². The Morgan fingerprint density at radius 2 is 1.93 bits per heavy atom. The average molecular weight is 396 g/mol. The molecule has 29 heavy (non-hydrogen) atoms. The molecule has 0 bridgehead atoms. The summed E-state index contributed by atoms with van der Waals surface area (Å²) in [5, 5.41) is 13.9. The Morgan fingerprint density at radius 1 is 1.14 bits per heavy atom. The Morgan fingerprint density at radius 3 is 2.62 bits per heavy atom. The summed E-state index contributed by atoms with van der Waals surface area (Å²) < 4.78 is 13.1. The summed E-state index contributed by atoms with van der Waals surface area (Å²) in [4.78, 5) is 10.9. The van der Waals surface area contributed by atoms with Crippen LogP contribution in [0, 0.1) is 0 Å². The molecular formula is C23H28N2O4. The minimum atomic E-state index is -0.764. The Kier molecular flexibility index (Phi) is 6.88. The van der Waals surface area contributed by atoms with Gasteiger partial charge in [0.1, 0.15) is 5.75 Å². The van der Waals surface area contributed by atoms with Gasteiger partial charge in [-0.05, 0) is 49.4 Å². The number of aliphatic carboxylic acids is 1. The van der Waals surface area contributed by atoms with Crippen molar-refractivity contribution >= 4 is 11.5 Å². The summed E-state index contributed by atoms with van der Waals surface area (Å²) in [6.45, 7) is 2.51. The van der Waals surface area contributed by atoms with Crippen molar-refractivity contribution in [2.24, 2.45) is 0 Å². The van der Waals surface area contributed by atoms with Gasteiger partial charge < -0.3 is 14.6 Å². The number of carbonyl (C=O) groups is 1. The molecule has 2 heterocycles. The molecule has 3 aromatic rings. The van der Waals surface area contributed by atoms with Crippen LogP contribution < -0.4 is 4.74 Å². The van der Waals surface area contributed by atoms with Crippen LogP contribution in [-0.4, -0.2) is 34.9 Å². The Hall–Kier alpha value is -2.86. The van der Waals surface area contributed by atoms with Crippen LogP contribution in [0.2, 0.25) is 0 Å². The number of aromatic nitrogens is 2. The van der Waals surface area contributed by atoms with Crippen LogP contribution in [0.3, 0.4) is 0 Å². The number of para-hydroxylation sites is 1. The molecule has 0 fully saturated rings. The third kappa shape index (κ3) is 4.43. The molecule has 1 aromatic carbocycles. The smallest absolute Gasteiger partial charge is 0.303 e. The van der Waals surface area contributed by atoms with E-state index in [-0.39, 0.29) is 6.42 Å². The van der Waals surface area contributed by atoms with Crippen molar-refractivity contribution in [3.8, 4) is 16.9 Å². The zero-order valence-corrected chi connectivity index (χ0v) is 17.3. The molecule has 6 nitrogen and oxygen atoms in total.